The molecule has 0 saturated heterocycles. The van der Waals surface area contributed by atoms with Crippen molar-refractivity contribution >= 4 is 11.6 Å². The number of carbonyl (C=O) groups is 1. The lowest BCUT2D eigenvalue weighted by molar-refractivity contribution is -0.115. The average molecular weight is 288 g/mol. The predicted octanol–water partition coefficient (Wildman–Crippen LogP) is 1.20. The van der Waals surface area contributed by atoms with E-state index in [-0.39, 0.29) is 12.5 Å². The van der Waals surface area contributed by atoms with Gasteiger partial charge in [0.05, 0.1) is 19.3 Å². The second-order valence-electron chi connectivity index (χ2n) is 4.62. The van der Waals surface area contributed by atoms with Gasteiger partial charge in [0, 0.05) is 31.9 Å². The van der Waals surface area contributed by atoms with E-state index in [0.29, 0.717) is 11.4 Å². The van der Waals surface area contributed by atoms with Crippen molar-refractivity contribution in [3.8, 4) is 5.75 Å². The SMILES string of the molecule is COc1ccccc1NC(=O)CNCCc1ccnn1C. The summed E-state index contributed by atoms with van der Waals surface area (Å²) >= 11 is 0. The quantitative estimate of drug-likeness (QED) is 0.751. The summed E-state index contributed by atoms with van der Waals surface area (Å²) < 4.78 is 7.02. The number of carbonyl (C=O) groups excluding carboxylic acids is 1. The van der Waals surface area contributed by atoms with Crippen molar-refractivity contribution in [1.82, 2.24) is 15.1 Å². The monoisotopic (exact) mass is 288 g/mol. The van der Waals surface area contributed by atoms with Crippen LogP contribution in [0.15, 0.2) is 36.5 Å². The Labute approximate surface area is 124 Å². The van der Waals surface area contributed by atoms with Crippen LogP contribution in [-0.4, -0.2) is 35.9 Å². The molecule has 0 aliphatic heterocycles. The molecule has 0 aliphatic rings. The van der Waals surface area contributed by atoms with Gasteiger partial charge in [-0.15, -0.1) is 0 Å². The molecule has 2 N–H and O–H groups in total. The number of nitrogens with zero attached hydrogens (tertiary/aromatic N) is 2. The molecule has 21 heavy (non-hydrogen) atoms. The molecule has 1 heterocycles. The molecule has 6 heteroatoms. The van der Waals surface area contributed by atoms with E-state index in [1.165, 1.54) is 0 Å². The van der Waals surface area contributed by atoms with Gasteiger partial charge in [-0.3, -0.25) is 9.48 Å². The second-order valence-corrected chi connectivity index (χ2v) is 4.62. The van der Waals surface area contributed by atoms with Crippen LogP contribution < -0.4 is 15.4 Å². The Balaban J connectivity index is 1.74. The summed E-state index contributed by atoms with van der Waals surface area (Å²) in [5.41, 5.74) is 1.81. The molecule has 2 rings (SSSR count). The third-order valence-corrected chi connectivity index (χ3v) is 3.15. The Morgan fingerprint density at radius 2 is 2.14 bits per heavy atom. The predicted molar refractivity (Wildman–Crippen MR) is 81.4 cm³/mol. The number of aryl methyl sites for hydroxylation is 1. The van der Waals surface area contributed by atoms with Crippen LogP contribution in [0.2, 0.25) is 0 Å². The Morgan fingerprint density at radius 1 is 1.33 bits per heavy atom. The zero-order valence-electron chi connectivity index (χ0n) is 12.3. The first-order valence-electron chi connectivity index (χ1n) is 6.81. The fourth-order valence-electron chi connectivity index (χ4n) is 2.01. The number of hydrogen-bond donors (Lipinski definition) is 2. The number of benzene rings is 1. The molecule has 1 aromatic heterocycles. The van der Waals surface area contributed by atoms with Gasteiger partial charge in [-0.1, -0.05) is 12.1 Å². The minimum atomic E-state index is -0.0930. The Kier molecular flexibility index (Phi) is 5.34. The number of amides is 1. The molecule has 0 radical (unpaired) electrons. The van der Waals surface area contributed by atoms with Crippen LogP contribution in [0.1, 0.15) is 5.69 Å². The highest BCUT2D eigenvalue weighted by Gasteiger charge is 2.06. The van der Waals surface area contributed by atoms with E-state index in [1.54, 1.807) is 13.3 Å². The highest BCUT2D eigenvalue weighted by atomic mass is 16.5. The standard InChI is InChI=1S/C15H20N4O2/c1-19-12(8-10-17-19)7-9-16-11-15(20)18-13-5-3-4-6-14(13)21-2/h3-6,8,10,16H,7,9,11H2,1-2H3,(H,18,20). The summed E-state index contributed by atoms with van der Waals surface area (Å²) in [6.45, 7) is 0.981. The minimum absolute atomic E-state index is 0.0930. The van der Waals surface area contributed by atoms with Gasteiger partial charge in [0.15, 0.2) is 0 Å². The molecular weight excluding hydrogens is 268 g/mol. The van der Waals surface area contributed by atoms with Gasteiger partial charge in [-0.05, 0) is 18.2 Å². The molecule has 0 atom stereocenters. The third-order valence-electron chi connectivity index (χ3n) is 3.15. The van der Waals surface area contributed by atoms with Crippen molar-refractivity contribution in [2.45, 2.75) is 6.42 Å². The molecule has 112 valence electrons. The van der Waals surface area contributed by atoms with E-state index in [9.17, 15) is 4.79 Å². The maximum atomic E-state index is 11.9. The van der Waals surface area contributed by atoms with Crippen LogP contribution in [-0.2, 0) is 18.3 Å². The molecule has 2 aromatic rings. The van der Waals surface area contributed by atoms with Gasteiger partial charge in [-0.25, -0.2) is 0 Å². The fraction of sp³-hybridized carbons (Fsp3) is 0.333. The van der Waals surface area contributed by atoms with E-state index < -0.39 is 0 Å². The van der Waals surface area contributed by atoms with Crippen molar-refractivity contribution in [3.63, 3.8) is 0 Å². The van der Waals surface area contributed by atoms with Gasteiger partial charge in [0.2, 0.25) is 5.91 Å². The molecule has 0 unspecified atom stereocenters. The normalized spacial score (nSPS) is 10.4. The summed E-state index contributed by atoms with van der Waals surface area (Å²) in [7, 11) is 3.49. The summed E-state index contributed by atoms with van der Waals surface area (Å²) in [5, 5.41) is 10.0. The lowest BCUT2D eigenvalue weighted by Gasteiger charge is -2.10. The van der Waals surface area contributed by atoms with E-state index in [1.807, 2.05) is 42.1 Å². The Hall–Kier alpha value is -2.34. The Bertz CT molecular complexity index is 595. The van der Waals surface area contributed by atoms with Gasteiger partial charge >= 0.3 is 0 Å². The van der Waals surface area contributed by atoms with Gasteiger partial charge in [-0.2, -0.15) is 5.10 Å². The molecule has 1 aromatic carbocycles. The molecule has 1 amide bonds. The summed E-state index contributed by atoms with van der Waals surface area (Å²) in [5.74, 6) is 0.560. The van der Waals surface area contributed by atoms with Gasteiger partial charge < -0.3 is 15.4 Å². The first-order chi connectivity index (χ1) is 10.2. The zero-order valence-corrected chi connectivity index (χ0v) is 12.3. The first-order valence-corrected chi connectivity index (χ1v) is 6.81. The van der Waals surface area contributed by atoms with Crippen molar-refractivity contribution in [2.75, 3.05) is 25.5 Å². The van der Waals surface area contributed by atoms with Crippen LogP contribution in [0.25, 0.3) is 0 Å². The van der Waals surface area contributed by atoms with E-state index in [2.05, 4.69) is 15.7 Å². The maximum absolute atomic E-state index is 11.9. The second kappa shape index (κ2) is 7.44. The number of ether oxygens (including phenoxy) is 1. The van der Waals surface area contributed by atoms with Gasteiger partial charge in [0.25, 0.3) is 0 Å². The fourth-order valence-corrected chi connectivity index (χ4v) is 2.01. The van der Waals surface area contributed by atoms with Crippen molar-refractivity contribution < 1.29 is 9.53 Å². The summed E-state index contributed by atoms with van der Waals surface area (Å²) in [6.07, 6.45) is 2.60. The smallest absolute Gasteiger partial charge is 0.238 e. The summed E-state index contributed by atoms with van der Waals surface area (Å²) in [6, 6.07) is 9.31. The molecule has 6 nitrogen and oxygen atoms in total. The molecule has 0 bridgehead atoms. The number of para-hydroxylation sites is 2. The van der Waals surface area contributed by atoms with E-state index >= 15 is 0 Å². The molecule has 0 aliphatic carbocycles. The lowest BCUT2D eigenvalue weighted by Crippen LogP contribution is -2.29. The number of methoxy groups -OCH3 is 1. The number of aromatic nitrogens is 2. The van der Waals surface area contributed by atoms with Crippen molar-refractivity contribution in [1.29, 1.82) is 0 Å². The minimum Gasteiger partial charge on any atom is -0.495 e. The summed E-state index contributed by atoms with van der Waals surface area (Å²) in [4.78, 5) is 11.9. The van der Waals surface area contributed by atoms with Crippen LogP contribution in [0.3, 0.4) is 0 Å². The zero-order chi connectivity index (χ0) is 15.1. The molecule has 0 spiro atoms. The van der Waals surface area contributed by atoms with Crippen LogP contribution in [0.5, 0.6) is 5.75 Å². The number of nitrogens with one attached hydrogen (secondary N) is 2. The largest absolute Gasteiger partial charge is 0.495 e. The van der Waals surface area contributed by atoms with E-state index in [4.69, 9.17) is 4.74 Å². The number of anilines is 1. The van der Waals surface area contributed by atoms with Crippen LogP contribution >= 0.6 is 0 Å². The van der Waals surface area contributed by atoms with Crippen molar-refractivity contribution in [3.05, 3.63) is 42.2 Å². The average Bonchev–Trinajstić information content (AvgIpc) is 2.89. The number of hydrogen-bond acceptors (Lipinski definition) is 4. The maximum Gasteiger partial charge on any atom is 0.238 e. The van der Waals surface area contributed by atoms with Gasteiger partial charge in [0.1, 0.15) is 5.75 Å². The third kappa shape index (κ3) is 4.32. The van der Waals surface area contributed by atoms with E-state index in [0.717, 1.165) is 18.7 Å². The topological polar surface area (TPSA) is 68.2 Å². The van der Waals surface area contributed by atoms with Crippen LogP contribution in [0, 0.1) is 0 Å². The number of rotatable bonds is 7. The molecule has 0 saturated carbocycles. The highest BCUT2D eigenvalue weighted by molar-refractivity contribution is 5.93. The molecular formula is C15H20N4O2. The molecule has 0 fully saturated rings. The van der Waals surface area contributed by atoms with Crippen molar-refractivity contribution in [2.24, 2.45) is 7.05 Å². The highest BCUT2D eigenvalue weighted by Crippen LogP contribution is 2.22. The Morgan fingerprint density at radius 3 is 2.86 bits per heavy atom. The first kappa shape index (κ1) is 15.1. The lowest BCUT2D eigenvalue weighted by atomic mass is 10.3. The van der Waals surface area contributed by atoms with Crippen LogP contribution in [0.4, 0.5) is 5.69 Å².